The van der Waals surface area contributed by atoms with Crippen molar-refractivity contribution in [2.45, 2.75) is 33.1 Å². The molecule has 0 N–H and O–H groups in total. The Bertz CT molecular complexity index is 875. The average molecular weight is 436 g/mol. The molecule has 2 saturated heterocycles. The number of aryl methyl sites for hydroxylation is 1. The minimum absolute atomic E-state index is 0.135. The molecule has 2 heterocycles. The number of amides is 1. The SMILES string of the molecule is Cc1cccc(C(=O)N2CCN(c3ccc(OCCCN4CCCC(C)C4)cc3)CC2)c1. The molecule has 2 fully saturated rings. The highest BCUT2D eigenvalue weighted by molar-refractivity contribution is 5.94. The fraction of sp³-hybridized carbons (Fsp3) is 0.519. The van der Waals surface area contributed by atoms with Gasteiger partial charge in [-0.25, -0.2) is 0 Å². The van der Waals surface area contributed by atoms with Crippen molar-refractivity contribution in [1.82, 2.24) is 9.80 Å². The van der Waals surface area contributed by atoms with Crippen LogP contribution in [0, 0.1) is 12.8 Å². The van der Waals surface area contributed by atoms with E-state index >= 15 is 0 Å². The Kier molecular flexibility index (Phi) is 7.69. The third-order valence-corrected chi connectivity index (χ3v) is 6.66. The number of piperidine rings is 1. The second-order valence-electron chi connectivity index (χ2n) is 9.39. The summed E-state index contributed by atoms with van der Waals surface area (Å²) in [7, 11) is 0. The van der Waals surface area contributed by atoms with E-state index in [1.165, 1.54) is 31.6 Å². The van der Waals surface area contributed by atoms with E-state index in [4.69, 9.17) is 4.74 Å². The second-order valence-corrected chi connectivity index (χ2v) is 9.39. The molecule has 2 aliphatic heterocycles. The molecule has 4 rings (SSSR count). The third kappa shape index (κ3) is 6.04. The van der Waals surface area contributed by atoms with Gasteiger partial charge in [0.05, 0.1) is 6.61 Å². The third-order valence-electron chi connectivity index (χ3n) is 6.66. The van der Waals surface area contributed by atoms with Crippen LogP contribution in [-0.2, 0) is 0 Å². The number of piperazine rings is 1. The number of anilines is 1. The Hall–Kier alpha value is -2.53. The minimum atomic E-state index is 0.135. The zero-order chi connectivity index (χ0) is 22.3. The predicted octanol–water partition coefficient (Wildman–Crippen LogP) is 4.46. The summed E-state index contributed by atoms with van der Waals surface area (Å²) >= 11 is 0. The maximum atomic E-state index is 12.8. The van der Waals surface area contributed by atoms with E-state index in [2.05, 4.69) is 41.0 Å². The highest BCUT2D eigenvalue weighted by atomic mass is 16.5. The molecule has 32 heavy (non-hydrogen) atoms. The van der Waals surface area contributed by atoms with Crippen molar-refractivity contribution in [3.05, 3.63) is 59.7 Å². The monoisotopic (exact) mass is 435 g/mol. The molecule has 0 aromatic heterocycles. The fourth-order valence-corrected chi connectivity index (χ4v) is 4.85. The minimum Gasteiger partial charge on any atom is -0.494 e. The summed E-state index contributed by atoms with van der Waals surface area (Å²) in [6.45, 7) is 12.0. The van der Waals surface area contributed by atoms with Crippen molar-refractivity contribution in [2.75, 3.05) is 57.3 Å². The Morgan fingerprint density at radius 2 is 1.81 bits per heavy atom. The molecule has 0 aliphatic carbocycles. The van der Waals surface area contributed by atoms with Gasteiger partial charge in [0.2, 0.25) is 0 Å². The van der Waals surface area contributed by atoms with Gasteiger partial charge >= 0.3 is 0 Å². The first-order valence-corrected chi connectivity index (χ1v) is 12.1. The van der Waals surface area contributed by atoms with E-state index in [1.54, 1.807) is 0 Å². The molecule has 172 valence electrons. The average Bonchev–Trinajstić information content (AvgIpc) is 2.82. The lowest BCUT2D eigenvalue weighted by molar-refractivity contribution is 0.0746. The number of rotatable bonds is 7. The summed E-state index contributed by atoms with van der Waals surface area (Å²) in [4.78, 5) is 19.7. The van der Waals surface area contributed by atoms with Crippen LogP contribution in [0.15, 0.2) is 48.5 Å². The first kappa shape index (κ1) is 22.7. The molecular weight excluding hydrogens is 398 g/mol. The first-order chi connectivity index (χ1) is 15.6. The first-order valence-electron chi connectivity index (χ1n) is 12.1. The summed E-state index contributed by atoms with van der Waals surface area (Å²) in [5.74, 6) is 1.91. The van der Waals surface area contributed by atoms with Gasteiger partial charge in [0.25, 0.3) is 5.91 Å². The van der Waals surface area contributed by atoms with Crippen LogP contribution in [0.5, 0.6) is 5.75 Å². The lowest BCUT2D eigenvalue weighted by Gasteiger charge is -2.36. The Morgan fingerprint density at radius 3 is 2.53 bits per heavy atom. The molecule has 0 spiro atoms. The van der Waals surface area contributed by atoms with Crippen molar-refractivity contribution >= 4 is 11.6 Å². The van der Waals surface area contributed by atoms with Gasteiger partial charge in [-0.15, -0.1) is 0 Å². The Balaban J connectivity index is 1.19. The largest absolute Gasteiger partial charge is 0.494 e. The van der Waals surface area contributed by atoms with Crippen LogP contribution in [0.25, 0.3) is 0 Å². The molecule has 2 aliphatic rings. The summed E-state index contributed by atoms with van der Waals surface area (Å²) in [5.41, 5.74) is 3.11. The Labute approximate surface area is 193 Å². The van der Waals surface area contributed by atoms with Gasteiger partial charge in [-0.05, 0) is 75.0 Å². The predicted molar refractivity (Wildman–Crippen MR) is 131 cm³/mol. The van der Waals surface area contributed by atoms with Gasteiger partial charge in [0.1, 0.15) is 5.75 Å². The topological polar surface area (TPSA) is 36.0 Å². The van der Waals surface area contributed by atoms with Crippen LogP contribution >= 0.6 is 0 Å². The summed E-state index contributed by atoms with van der Waals surface area (Å²) in [5, 5.41) is 0. The van der Waals surface area contributed by atoms with E-state index in [9.17, 15) is 4.79 Å². The van der Waals surface area contributed by atoms with Crippen molar-refractivity contribution in [3.8, 4) is 5.75 Å². The molecule has 1 amide bonds. The molecule has 2 aromatic carbocycles. The van der Waals surface area contributed by atoms with E-state index in [0.29, 0.717) is 0 Å². The van der Waals surface area contributed by atoms with Crippen molar-refractivity contribution in [2.24, 2.45) is 5.92 Å². The number of hydrogen-bond acceptors (Lipinski definition) is 4. The maximum absolute atomic E-state index is 12.8. The smallest absolute Gasteiger partial charge is 0.253 e. The van der Waals surface area contributed by atoms with Crippen LogP contribution in [0.3, 0.4) is 0 Å². The number of likely N-dealkylation sites (tertiary alicyclic amines) is 1. The summed E-state index contributed by atoms with van der Waals surface area (Å²) < 4.78 is 5.98. The zero-order valence-electron chi connectivity index (χ0n) is 19.6. The molecule has 0 saturated carbocycles. The number of carbonyl (C=O) groups excluding carboxylic acids is 1. The normalized spacial score (nSPS) is 19.8. The molecule has 2 aromatic rings. The molecule has 5 heteroatoms. The second kappa shape index (κ2) is 10.9. The molecule has 1 unspecified atom stereocenters. The van der Waals surface area contributed by atoms with Gasteiger partial charge in [-0.1, -0.05) is 24.6 Å². The molecule has 0 radical (unpaired) electrons. The van der Waals surface area contributed by atoms with Crippen LogP contribution < -0.4 is 9.64 Å². The zero-order valence-corrected chi connectivity index (χ0v) is 19.6. The van der Waals surface area contributed by atoms with Gasteiger partial charge < -0.3 is 19.4 Å². The van der Waals surface area contributed by atoms with Gasteiger partial charge in [0, 0.05) is 50.5 Å². The summed E-state index contributed by atoms with van der Waals surface area (Å²) in [6, 6.07) is 16.3. The van der Waals surface area contributed by atoms with E-state index in [-0.39, 0.29) is 5.91 Å². The number of ether oxygens (including phenoxy) is 1. The van der Waals surface area contributed by atoms with Crippen LogP contribution in [-0.4, -0.2) is 68.1 Å². The quantitative estimate of drug-likeness (QED) is 0.602. The van der Waals surface area contributed by atoms with E-state index in [1.807, 2.05) is 36.1 Å². The Morgan fingerprint density at radius 1 is 1.03 bits per heavy atom. The van der Waals surface area contributed by atoms with Crippen LogP contribution in [0.4, 0.5) is 5.69 Å². The van der Waals surface area contributed by atoms with Crippen molar-refractivity contribution < 1.29 is 9.53 Å². The fourth-order valence-electron chi connectivity index (χ4n) is 4.85. The number of benzene rings is 2. The van der Waals surface area contributed by atoms with Gasteiger partial charge in [-0.2, -0.15) is 0 Å². The standard InChI is InChI=1S/C27H37N3O2/c1-22-6-3-8-24(20-22)27(31)30-17-15-29(16-18-30)25-9-11-26(12-10-25)32-19-5-14-28-13-4-7-23(2)21-28/h3,6,8-12,20,23H,4-5,7,13-19,21H2,1-2H3. The van der Waals surface area contributed by atoms with E-state index in [0.717, 1.165) is 68.5 Å². The van der Waals surface area contributed by atoms with E-state index < -0.39 is 0 Å². The number of carbonyl (C=O) groups is 1. The molecular formula is C27H37N3O2. The van der Waals surface area contributed by atoms with Crippen molar-refractivity contribution in [1.29, 1.82) is 0 Å². The lowest BCUT2D eigenvalue weighted by Crippen LogP contribution is -2.48. The van der Waals surface area contributed by atoms with Crippen molar-refractivity contribution in [3.63, 3.8) is 0 Å². The number of hydrogen-bond donors (Lipinski definition) is 0. The maximum Gasteiger partial charge on any atom is 0.253 e. The highest BCUT2D eigenvalue weighted by Crippen LogP contribution is 2.22. The van der Waals surface area contributed by atoms with Gasteiger partial charge in [-0.3, -0.25) is 4.79 Å². The van der Waals surface area contributed by atoms with Crippen LogP contribution in [0.2, 0.25) is 0 Å². The highest BCUT2D eigenvalue weighted by Gasteiger charge is 2.22. The number of nitrogens with zero attached hydrogens (tertiary/aromatic N) is 3. The van der Waals surface area contributed by atoms with Crippen LogP contribution in [0.1, 0.15) is 42.1 Å². The molecule has 5 nitrogen and oxygen atoms in total. The molecule has 1 atom stereocenters. The van der Waals surface area contributed by atoms with Gasteiger partial charge in [0.15, 0.2) is 0 Å². The summed E-state index contributed by atoms with van der Waals surface area (Å²) in [6.07, 6.45) is 3.78. The lowest BCUT2D eigenvalue weighted by atomic mass is 10.0. The molecule has 0 bridgehead atoms.